The molecule has 0 aromatic rings. The molecule has 4 heteroatoms. The fourth-order valence-corrected chi connectivity index (χ4v) is 0. The monoisotopic (exact) mass is 113 g/mol. The zero-order chi connectivity index (χ0) is 5.15. The van der Waals surface area contributed by atoms with E-state index in [1.807, 2.05) is 0 Å². The van der Waals surface area contributed by atoms with Crippen LogP contribution in [0, 0.1) is 0 Å². The number of carboxylic acid groups (broad SMARTS) is 1. The summed E-state index contributed by atoms with van der Waals surface area (Å²) >= 11 is 0. The quantitative estimate of drug-likeness (QED) is 0.360. The maximum atomic E-state index is 9.54. The van der Waals surface area contributed by atoms with Crippen LogP contribution in [0.15, 0.2) is 0 Å². The van der Waals surface area contributed by atoms with Crippen molar-refractivity contribution in [1.82, 2.24) is 0 Å². The van der Waals surface area contributed by atoms with E-state index in [4.69, 9.17) is 5.11 Å². The first-order chi connectivity index (χ1) is 2.64. The number of carbonyl (C=O) groups excluding carboxylic acids is 1. The zero-order valence-corrected chi connectivity index (χ0v) is 6.26. The van der Waals surface area contributed by atoms with Crippen LogP contribution in [0.25, 0.3) is 0 Å². The molecule has 0 aromatic carbocycles. The van der Waals surface area contributed by atoms with Crippen LogP contribution in [0.4, 0.5) is 0 Å². The molecule has 0 saturated carbocycles. The van der Waals surface area contributed by atoms with Gasteiger partial charge in [0, 0.05) is 36.5 Å². The summed E-state index contributed by atoms with van der Waals surface area (Å²) in [5.41, 5.74) is 0. The molecule has 7 heavy (non-hydrogen) atoms. The summed E-state index contributed by atoms with van der Waals surface area (Å²) < 4.78 is 0. The predicted octanol–water partition coefficient (Wildman–Crippen LogP) is -0.721. The maximum Gasteiger partial charge on any atom is 0.371 e. The van der Waals surface area contributed by atoms with Gasteiger partial charge < -0.3 is 5.11 Å². The average Bonchev–Trinajstić information content (AvgIpc) is 1.36. The van der Waals surface area contributed by atoms with Crippen molar-refractivity contribution in [2.45, 2.75) is 6.92 Å². The number of carbonyl (C=O) groups is 2. The minimum absolute atomic E-state index is 0. The molecule has 0 rings (SSSR count). The average molecular weight is 113 g/mol. The summed E-state index contributed by atoms with van der Waals surface area (Å²) in [6.45, 7) is 1.00. The van der Waals surface area contributed by atoms with Crippen molar-refractivity contribution in [1.29, 1.82) is 0 Å². The second-order valence-corrected chi connectivity index (χ2v) is 0.861. The van der Waals surface area contributed by atoms with Gasteiger partial charge in [0.2, 0.25) is 5.78 Å². The van der Waals surface area contributed by atoms with Gasteiger partial charge in [0.05, 0.1) is 0 Å². The third-order valence-electron chi connectivity index (χ3n) is 0.301. The van der Waals surface area contributed by atoms with E-state index in [0.29, 0.717) is 0 Å². The van der Waals surface area contributed by atoms with E-state index in [1.165, 1.54) is 0 Å². The molecule has 1 N–H and O–H groups in total. The van der Waals surface area contributed by atoms with Crippen LogP contribution in [0.5, 0.6) is 0 Å². The summed E-state index contributed by atoms with van der Waals surface area (Å²) in [5, 5.41) is 7.64. The van der Waals surface area contributed by atoms with Crippen LogP contribution in [0.1, 0.15) is 6.92 Å². The van der Waals surface area contributed by atoms with Crippen LogP contribution in [0.2, 0.25) is 0 Å². The topological polar surface area (TPSA) is 54.4 Å². The van der Waals surface area contributed by atoms with E-state index in [0.717, 1.165) is 6.92 Å². The Morgan fingerprint density at radius 2 is 1.86 bits per heavy atom. The van der Waals surface area contributed by atoms with Gasteiger partial charge in [-0.2, -0.15) is 0 Å². The third kappa shape index (κ3) is 6.14. The van der Waals surface area contributed by atoms with E-state index < -0.39 is 11.8 Å². The molecule has 0 unspecified atom stereocenters. The largest absolute Gasteiger partial charge is 0.476 e. The third-order valence-corrected chi connectivity index (χ3v) is 0.301. The minimum Gasteiger partial charge on any atom is -0.476 e. The van der Waals surface area contributed by atoms with Crippen molar-refractivity contribution in [3.63, 3.8) is 0 Å². The number of aliphatic carboxylic acids is 1. The Bertz CT molecular complexity index is 76.2. The number of carboxylic acids is 1. The fraction of sp³-hybridized carbons (Fsp3) is 0.333. The van der Waals surface area contributed by atoms with Gasteiger partial charge in [0.15, 0.2) is 0 Å². The molecular formula is C3H4NaO3. The van der Waals surface area contributed by atoms with E-state index in [2.05, 4.69) is 0 Å². The van der Waals surface area contributed by atoms with Crippen molar-refractivity contribution >= 4 is 41.3 Å². The minimum atomic E-state index is -1.38. The fourth-order valence-electron chi connectivity index (χ4n) is 0. The van der Waals surface area contributed by atoms with Crippen LogP contribution in [-0.2, 0) is 9.59 Å². The standard InChI is InChI=1S/C3H4O3.Na/c1-2(4)3(5)6;/h1H3,(H,5,6);/i3+2;. The van der Waals surface area contributed by atoms with E-state index in [9.17, 15) is 9.59 Å². The van der Waals surface area contributed by atoms with E-state index in [-0.39, 0.29) is 29.6 Å². The SMILES string of the molecule is CC(=O)[14C](=O)O.[Na]. The molecule has 0 bridgehead atoms. The summed E-state index contributed by atoms with van der Waals surface area (Å²) in [5.74, 6) is -2.20. The number of ketones is 1. The summed E-state index contributed by atoms with van der Waals surface area (Å²) in [7, 11) is 0. The Kier molecular flexibility index (Phi) is 6.26. The summed E-state index contributed by atoms with van der Waals surface area (Å²) in [6.07, 6.45) is 0. The van der Waals surface area contributed by atoms with E-state index >= 15 is 0 Å². The Morgan fingerprint density at radius 1 is 1.71 bits per heavy atom. The molecule has 3 nitrogen and oxygen atoms in total. The Morgan fingerprint density at radius 3 is 1.86 bits per heavy atom. The first-order valence-corrected chi connectivity index (χ1v) is 1.38. The molecule has 0 aliphatic heterocycles. The Balaban J connectivity index is 0. The maximum absolute atomic E-state index is 9.54. The van der Waals surface area contributed by atoms with Gasteiger partial charge in [-0.15, -0.1) is 0 Å². The number of hydrogen-bond acceptors (Lipinski definition) is 2. The van der Waals surface area contributed by atoms with Gasteiger partial charge in [-0.05, 0) is 0 Å². The normalized spacial score (nSPS) is 6.43. The molecule has 0 atom stereocenters. The van der Waals surface area contributed by atoms with Gasteiger partial charge >= 0.3 is 5.97 Å². The Labute approximate surface area is 63.0 Å². The van der Waals surface area contributed by atoms with Crippen LogP contribution in [-0.4, -0.2) is 46.4 Å². The molecule has 35 valence electrons. The van der Waals surface area contributed by atoms with Gasteiger partial charge in [-0.25, -0.2) is 4.79 Å². The second kappa shape index (κ2) is 4.30. The number of hydrogen-bond donors (Lipinski definition) is 1. The molecule has 0 spiro atoms. The first-order valence-electron chi connectivity index (χ1n) is 1.38. The molecule has 0 amide bonds. The molecule has 0 aliphatic carbocycles. The molecule has 0 fully saturated rings. The number of rotatable bonds is 1. The first kappa shape index (κ1) is 10.2. The number of Topliss-reactive ketones (excluding diaryl/α,β-unsaturated/α-hetero) is 1. The van der Waals surface area contributed by atoms with Crippen molar-refractivity contribution in [2.24, 2.45) is 0 Å². The summed E-state index contributed by atoms with van der Waals surface area (Å²) in [4.78, 5) is 18.9. The second-order valence-electron chi connectivity index (χ2n) is 0.861. The predicted molar refractivity (Wildman–Crippen MR) is 24.1 cm³/mol. The molecule has 1 radical (unpaired) electrons. The van der Waals surface area contributed by atoms with Gasteiger partial charge in [0.25, 0.3) is 0 Å². The smallest absolute Gasteiger partial charge is 0.371 e. The van der Waals surface area contributed by atoms with Crippen LogP contribution >= 0.6 is 0 Å². The molecule has 0 aliphatic rings. The van der Waals surface area contributed by atoms with Crippen molar-refractivity contribution in [3.8, 4) is 0 Å². The molecular weight excluding hydrogens is 109 g/mol. The van der Waals surface area contributed by atoms with E-state index in [1.54, 1.807) is 0 Å². The zero-order valence-electron chi connectivity index (χ0n) is 4.26. The van der Waals surface area contributed by atoms with Crippen molar-refractivity contribution in [3.05, 3.63) is 0 Å². The van der Waals surface area contributed by atoms with Crippen molar-refractivity contribution in [2.75, 3.05) is 0 Å². The molecule has 0 saturated heterocycles. The van der Waals surface area contributed by atoms with Gasteiger partial charge in [-0.1, -0.05) is 0 Å². The molecule has 0 aromatic heterocycles. The Hall–Kier alpha value is 0.140. The summed E-state index contributed by atoms with van der Waals surface area (Å²) in [6, 6.07) is 0. The van der Waals surface area contributed by atoms with Gasteiger partial charge in [-0.3, -0.25) is 4.79 Å². The van der Waals surface area contributed by atoms with Gasteiger partial charge in [0.1, 0.15) is 0 Å². The van der Waals surface area contributed by atoms with Crippen molar-refractivity contribution < 1.29 is 14.7 Å². The van der Waals surface area contributed by atoms with Crippen LogP contribution < -0.4 is 0 Å². The van der Waals surface area contributed by atoms with Crippen LogP contribution in [0.3, 0.4) is 0 Å². The molecule has 0 heterocycles.